The van der Waals surface area contributed by atoms with Gasteiger partial charge in [0.25, 0.3) is 0 Å². The molecule has 0 bridgehead atoms. The normalized spacial score (nSPS) is 25.5. The van der Waals surface area contributed by atoms with Gasteiger partial charge in [-0.05, 0) is 17.7 Å². The third-order valence-corrected chi connectivity index (χ3v) is 10.7. The maximum Gasteiger partial charge on any atom is 0.415 e. The molecule has 0 radical (unpaired) electrons. The van der Waals surface area contributed by atoms with E-state index in [9.17, 15) is 28.8 Å². The van der Waals surface area contributed by atoms with Gasteiger partial charge in [-0.3, -0.25) is 19.6 Å². The SMILES string of the molecule is COC(=O)[C@@H]1C[C@]2(N=N[C@]34C[C@@H](C(=O)OCc5ccccc5)N(C(=O)OC)[C@H]3N(C(=O)OC)c3ccccc34)c3ccccc3N(C(=O)OC)[C@@H]2N1C(=O)OC. The van der Waals surface area contributed by atoms with Gasteiger partial charge < -0.3 is 28.4 Å². The van der Waals surface area contributed by atoms with E-state index in [4.69, 9.17) is 38.6 Å². The van der Waals surface area contributed by atoms with Crippen molar-refractivity contribution in [2.75, 3.05) is 45.3 Å². The van der Waals surface area contributed by atoms with Crippen molar-refractivity contribution in [2.45, 2.75) is 54.9 Å². The number of rotatable bonds is 6. The van der Waals surface area contributed by atoms with Crippen molar-refractivity contribution in [3.8, 4) is 0 Å². The number of benzene rings is 3. The van der Waals surface area contributed by atoms with E-state index >= 15 is 0 Å². The number of ether oxygens (including phenoxy) is 6. The topological polar surface area (TPSA) is 195 Å². The first kappa shape index (κ1) is 37.6. The van der Waals surface area contributed by atoms with Crippen LogP contribution in [0.2, 0.25) is 0 Å². The quantitative estimate of drug-likeness (QED) is 0.192. The predicted molar refractivity (Wildman–Crippen MR) is 192 cm³/mol. The lowest BCUT2D eigenvalue weighted by atomic mass is 9.86. The highest BCUT2D eigenvalue weighted by Crippen LogP contribution is 2.59. The summed E-state index contributed by atoms with van der Waals surface area (Å²) in [5.74, 6) is -1.63. The van der Waals surface area contributed by atoms with Crippen LogP contribution >= 0.6 is 0 Å². The molecule has 2 fully saturated rings. The summed E-state index contributed by atoms with van der Waals surface area (Å²) in [6.45, 7) is -0.120. The number of carbonyl (C=O) groups is 6. The molecule has 7 rings (SSSR count). The van der Waals surface area contributed by atoms with Crippen LogP contribution in [0.5, 0.6) is 0 Å². The van der Waals surface area contributed by atoms with E-state index in [0.717, 1.165) is 31.1 Å². The van der Waals surface area contributed by atoms with Gasteiger partial charge in [0.05, 0.1) is 46.9 Å². The minimum Gasteiger partial charge on any atom is -0.467 e. The van der Waals surface area contributed by atoms with Crippen molar-refractivity contribution >= 4 is 47.7 Å². The third kappa shape index (κ3) is 5.53. The van der Waals surface area contributed by atoms with Crippen molar-refractivity contribution in [1.29, 1.82) is 0 Å². The first-order chi connectivity index (χ1) is 27.0. The smallest absolute Gasteiger partial charge is 0.415 e. The average molecular weight is 771 g/mol. The summed E-state index contributed by atoms with van der Waals surface area (Å²) >= 11 is 0. The number of para-hydroxylation sites is 2. The van der Waals surface area contributed by atoms with Gasteiger partial charge in [0.2, 0.25) is 0 Å². The number of fused-ring (bicyclic) bond motifs is 6. The number of methoxy groups -OCH3 is 5. The van der Waals surface area contributed by atoms with Gasteiger partial charge >= 0.3 is 36.3 Å². The second-order valence-corrected chi connectivity index (χ2v) is 13.3. The highest BCUT2D eigenvalue weighted by atomic mass is 16.6. The van der Waals surface area contributed by atoms with Crippen LogP contribution in [0.3, 0.4) is 0 Å². The van der Waals surface area contributed by atoms with Crippen LogP contribution in [-0.2, 0) is 55.7 Å². The summed E-state index contributed by atoms with van der Waals surface area (Å²) in [6, 6.07) is 19.6. The zero-order chi connectivity index (χ0) is 39.9. The summed E-state index contributed by atoms with van der Waals surface area (Å²) in [4.78, 5) is 86.8. The molecule has 0 N–H and O–H groups in total. The number of azo groups is 1. The van der Waals surface area contributed by atoms with Gasteiger partial charge in [0.1, 0.15) is 18.7 Å². The van der Waals surface area contributed by atoms with Gasteiger partial charge in [-0.15, -0.1) is 0 Å². The van der Waals surface area contributed by atoms with Crippen LogP contribution in [0.1, 0.15) is 29.5 Å². The Morgan fingerprint density at radius 2 is 0.964 bits per heavy atom. The van der Waals surface area contributed by atoms with Crippen LogP contribution < -0.4 is 9.80 Å². The minimum atomic E-state index is -1.72. The Morgan fingerprint density at radius 1 is 0.554 bits per heavy atom. The van der Waals surface area contributed by atoms with E-state index in [1.165, 1.54) is 24.0 Å². The predicted octanol–water partition coefficient (Wildman–Crippen LogP) is 4.65. The largest absolute Gasteiger partial charge is 0.467 e. The monoisotopic (exact) mass is 770 g/mol. The third-order valence-electron chi connectivity index (χ3n) is 10.7. The molecule has 0 aromatic heterocycles. The highest BCUT2D eigenvalue weighted by Gasteiger charge is 2.70. The second kappa shape index (κ2) is 14.5. The zero-order valence-corrected chi connectivity index (χ0v) is 31.0. The molecule has 0 spiro atoms. The van der Waals surface area contributed by atoms with Crippen molar-refractivity contribution in [3.05, 3.63) is 95.6 Å². The van der Waals surface area contributed by atoms with Crippen LogP contribution in [0.25, 0.3) is 0 Å². The molecule has 18 nitrogen and oxygen atoms in total. The lowest BCUT2D eigenvalue weighted by molar-refractivity contribution is -0.150. The fourth-order valence-electron chi connectivity index (χ4n) is 8.42. The molecule has 18 heteroatoms. The van der Waals surface area contributed by atoms with Crippen LogP contribution in [0.4, 0.5) is 30.6 Å². The number of nitrogens with zero attached hydrogens (tertiary/aromatic N) is 6. The van der Waals surface area contributed by atoms with Crippen molar-refractivity contribution in [3.63, 3.8) is 0 Å². The van der Waals surface area contributed by atoms with Crippen molar-refractivity contribution in [2.24, 2.45) is 10.2 Å². The molecule has 4 amide bonds. The molecule has 3 aromatic rings. The molecule has 0 aliphatic carbocycles. The summed E-state index contributed by atoms with van der Waals surface area (Å²) in [5, 5.41) is 10.0. The van der Waals surface area contributed by atoms with Gasteiger partial charge in [-0.1, -0.05) is 66.7 Å². The number of anilines is 2. The first-order valence-electron chi connectivity index (χ1n) is 17.4. The number of hydrogen-bond acceptors (Lipinski definition) is 14. The van der Waals surface area contributed by atoms with Crippen molar-refractivity contribution < 1.29 is 57.2 Å². The molecule has 56 heavy (non-hydrogen) atoms. The molecule has 4 aliphatic rings. The summed E-state index contributed by atoms with van der Waals surface area (Å²) in [5.41, 5.74) is -1.33. The summed E-state index contributed by atoms with van der Waals surface area (Å²) in [7, 11) is 5.75. The van der Waals surface area contributed by atoms with Crippen molar-refractivity contribution in [1.82, 2.24) is 9.80 Å². The highest BCUT2D eigenvalue weighted by molar-refractivity contribution is 5.96. The van der Waals surface area contributed by atoms with Crippen LogP contribution in [0.15, 0.2) is 89.1 Å². The summed E-state index contributed by atoms with van der Waals surface area (Å²) < 4.78 is 31.6. The Balaban J connectivity index is 1.45. The van der Waals surface area contributed by atoms with Crippen LogP contribution in [-0.4, -0.2) is 106 Å². The Bertz CT molecular complexity index is 2120. The number of esters is 2. The van der Waals surface area contributed by atoms with E-state index in [1.54, 1.807) is 72.8 Å². The molecule has 0 unspecified atom stereocenters. The fourth-order valence-corrected chi connectivity index (χ4v) is 8.42. The maximum atomic E-state index is 14.1. The molecular formula is C38H38N6O12. The molecule has 0 saturated carbocycles. The Morgan fingerprint density at radius 3 is 1.39 bits per heavy atom. The molecule has 292 valence electrons. The standard InChI is InChI=1S/C38H38N6O12/c1-51-29(45)27-19-37(23-15-9-11-17-25(23)41(33(47)52-2)31(37)43(27)35(49)54-4)39-40-38-20-28(30(46)56-21-22-13-7-6-8-14-22)44(36(50)55-5)32(38)42(34(48)53-3)26-18-12-10-16-24(26)38/h6-18,27-28,31-32H,19-21H2,1-5H3/t27-,28-,31+,32+,37-,38-/m0/s1. The lowest BCUT2D eigenvalue weighted by Crippen LogP contribution is -2.56. The van der Waals surface area contributed by atoms with Gasteiger partial charge in [-0.25, -0.2) is 28.8 Å². The average Bonchev–Trinajstić information content (AvgIpc) is 3.92. The molecule has 4 heterocycles. The van der Waals surface area contributed by atoms with Crippen LogP contribution in [0, 0.1) is 0 Å². The van der Waals surface area contributed by atoms with E-state index in [0.29, 0.717) is 28.1 Å². The number of hydrogen-bond donors (Lipinski definition) is 0. The first-order valence-corrected chi connectivity index (χ1v) is 17.4. The molecule has 6 atom stereocenters. The Labute approximate surface area is 320 Å². The Kier molecular flexibility index (Phi) is 9.73. The van der Waals surface area contributed by atoms with E-state index < -0.39 is 71.8 Å². The van der Waals surface area contributed by atoms with E-state index in [1.807, 2.05) is 6.07 Å². The fraction of sp³-hybridized carbons (Fsp3) is 0.368. The lowest BCUT2D eigenvalue weighted by Gasteiger charge is -2.35. The molecule has 2 saturated heterocycles. The molecular weight excluding hydrogens is 732 g/mol. The summed E-state index contributed by atoms with van der Waals surface area (Å²) in [6.07, 6.45) is -7.01. The van der Waals surface area contributed by atoms with Gasteiger partial charge in [0, 0.05) is 24.0 Å². The number of amides is 4. The Hall–Kier alpha value is -6.72. The molecule has 3 aromatic carbocycles. The number of carbonyl (C=O) groups excluding carboxylic acids is 6. The van der Waals surface area contributed by atoms with E-state index in [2.05, 4.69) is 0 Å². The number of likely N-dealkylation sites (tertiary alicyclic amines) is 2. The second-order valence-electron chi connectivity index (χ2n) is 13.3. The van der Waals surface area contributed by atoms with Gasteiger partial charge in [-0.2, -0.15) is 10.2 Å². The zero-order valence-electron chi connectivity index (χ0n) is 31.0. The maximum absolute atomic E-state index is 14.1. The minimum absolute atomic E-state index is 0.120. The molecule has 4 aliphatic heterocycles. The van der Waals surface area contributed by atoms with E-state index in [-0.39, 0.29) is 19.4 Å². The van der Waals surface area contributed by atoms with Gasteiger partial charge in [0.15, 0.2) is 23.4 Å².